The first-order valence-electron chi connectivity index (χ1n) is 6.28. The average molecular weight is 268 g/mol. The molecule has 0 saturated carbocycles. The summed E-state index contributed by atoms with van der Waals surface area (Å²) in [6.45, 7) is 0.417. The highest BCUT2D eigenvalue weighted by molar-refractivity contribution is 5.72. The molecule has 0 saturated heterocycles. The summed E-state index contributed by atoms with van der Waals surface area (Å²) in [5.74, 6) is -0.669. The molecule has 0 aliphatic heterocycles. The van der Waals surface area contributed by atoms with Crippen LogP contribution in [-0.2, 0) is 13.0 Å². The molecule has 5 heteroatoms. The van der Waals surface area contributed by atoms with Crippen molar-refractivity contribution in [3.8, 4) is 0 Å². The lowest BCUT2D eigenvalue weighted by Gasteiger charge is -2.07. The van der Waals surface area contributed by atoms with E-state index in [1.54, 1.807) is 18.3 Å². The lowest BCUT2D eigenvalue weighted by atomic mass is 10.1. The Bertz CT molecular complexity index is 850. The molecule has 3 rings (SSSR count). The van der Waals surface area contributed by atoms with Crippen LogP contribution in [0.5, 0.6) is 0 Å². The molecule has 3 aromatic rings. The lowest BCUT2D eigenvalue weighted by Crippen LogP contribution is -2.26. The van der Waals surface area contributed by atoms with Gasteiger partial charge in [0.1, 0.15) is 5.39 Å². The number of aromatic nitrogens is 2. The van der Waals surface area contributed by atoms with Crippen molar-refractivity contribution in [1.29, 1.82) is 0 Å². The topological polar surface area (TPSA) is 65.1 Å². The van der Waals surface area contributed by atoms with E-state index in [1.807, 2.05) is 30.3 Å². The Kier molecular flexibility index (Phi) is 3.16. The van der Waals surface area contributed by atoms with E-state index in [-0.39, 0.29) is 0 Å². The van der Waals surface area contributed by atoms with Crippen molar-refractivity contribution >= 4 is 11.0 Å². The fourth-order valence-corrected chi connectivity index (χ4v) is 2.13. The predicted octanol–water partition coefficient (Wildman–Crippen LogP) is 1.59. The first kappa shape index (κ1) is 12.3. The van der Waals surface area contributed by atoms with Crippen LogP contribution in [0.3, 0.4) is 0 Å². The van der Waals surface area contributed by atoms with Gasteiger partial charge >= 0.3 is 11.4 Å². The van der Waals surface area contributed by atoms with E-state index in [1.165, 1.54) is 4.57 Å². The van der Waals surface area contributed by atoms with Gasteiger partial charge in [-0.25, -0.2) is 14.6 Å². The van der Waals surface area contributed by atoms with Crippen LogP contribution in [0.15, 0.2) is 62.7 Å². The van der Waals surface area contributed by atoms with Crippen molar-refractivity contribution in [3.63, 3.8) is 0 Å². The van der Waals surface area contributed by atoms with Gasteiger partial charge in [0.05, 0.1) is 0 Å². The van der Waals surface area contributed by atoms with Crippen LogP contribution in [0, 0.1) is 0 Å². The Morgan fingerprint density at radius 1 is 1.05 bits per heavy atom. The third-order valence-electron chi connectivity index (χ3n) is 3.13. The van der Waals surface area contributed by atoms with E-state index in [4.69, 9.17) is 4.42 Å². The van der Waals surface area contributed by atoms with Crippen LogP contribution in [0.25, 0.3) is 11.0 Å². The van der Waals surface area contributed by atoms with Crippen LogP contribution in [0.2, 0.25) is 0 Å². The van der Waals surface area contributed by atoms with Gasteiger partial charge in [0.2, 0.25) is 0 Å². The minimum atomic E-state index is -0.669. The van der Waals surface area contributed by atoms with Crippen molar-refractivity contribution in [3.05, 3.63) is 75.2 Å². The van der Waals surface area contributed by atoms with E-state index in [2.05, 4.69) is 4.98 Å². The smallest absolute Gasteiger partial charge is 0.372 e. The van der Waals surface area contributed by atoms with Gasteiger partial charge in [-0.15, -0.1) is 0 Å². The zero-order valence-electron chi connectivity index (χ0n) is 10.7. The molecule has 5 nitrogen and oxygen atoms in total. The fraction of sp³-hybridized carbons (Fsp3) is 0.133. The molecule has 0 aliphatic carbocycles. The Balaban J connectivity index is 2.03. The van der Waals surface area contributed by atoms with E-state index in [9.17, 15) is 9.59 Å². The molecule has 0 aliphatic rings. The largest absolute Gasteiger partial charge is 0.423 e. The summed E-state index contributed by atoms with van der Waals surface area (Å²) < 4.78 is 6.11. The zero-order valence-corrected chi connectivity index (χ0v) is 10.7. The van der Waals surface area contributed by atoms with Crippen LogP contribution in [0.4, 0.5) is 0 Å². The number of rotatable bonds is 3. The molecular formula is C15H12N2O3. The van der Waals surface area contributed by atoms with E-state index < -0.39 is 11.4 Å². The van der Waals surface area contributed by atoms with E-state index >= 15 is 0 Å². The van der Waals surface area contributed by atoms with Crippen molar-refractivity contribution < 1.29 is 4.42 Å². The van der Waals surface area contributed by atoms with Gasteiger partial charge in [0, 0.05) is 12.7 Å². The summed E-state index contributed by atoms with van der Waals surface area (Å²) in [5, 5.41) is 0.320. The SMILES string of the molecule is O=c1oc(=O)n(CCc2ccccc2)c2ncccc12. The summed E-state index contributed by atoms with van der Waals surface area (Å²) >= 11 is 0. The van der Waals surface area contributed by atoms with Crippen molar-refractivity contribution in [1.82, 2.24) is 9.55 Å². The maximum atomic E-state index is 11.8. The number of nitrogens with zero attached hydrogens (tertiary/aromatic N) is 2. The van der Waals surface area contributed by atoms with E-state index in [0.717, 1.165) is 5.56 Å². The molecule has 1 aromatic carbocycles. The Morgan fingerprint density at radius 2 is 1.85 bits per heavy atom. The Hall–Kier alpha value is -2.69. The highest BCUT2D eigenvalue weighted by atomic mass is 16.4. The second-order valence-corrected chi connectivity index (χ2v) is 4.42. The number of pyridine rings is 1. The molecule has 2 heterocycles. The lowest BCUT2D eigenvalue weighted by molar-refractivity contribution is 0.415. The number of fused-ring (bicyclic) bond motifs is 1. The summed E-state index contributed by atoms with van der Waals surface area (Å²) in [6.07, 6.45) is 2.22. The number of benzene rings is 1. The normalized spacial score (nSPS) is 10.8. The summed E-state index contributed by atoms with van der Waals surface area (Å²) in [4.78, 5) is 27.6. The molecule has 2 aromatic heterocycles. The van der Waals surface area contributed by atoms with E-state index in [0.29, 0.717) is 24.0 Å². The van der Waals surface area contributed by atoms with Crippen LogP contribution in [0.1, 0.15) is 5.56 Å². The summed E-state index contributed by atoms with van der Waals surface area (Å²) in [7, 11) is 0. The quantitative estimate of drug-likeness (QED) is 0.723. The highest BCUT2D eigenvalue weighted by Crippen LogP contribution is 2.06. The van der Waals surface area contributed by atoms with Gasteiger partial charge in [-0.05, 0) is 24.1 Å². The number of hydrogen-bond acceptors (Lipinski definition) is 4. The Morgan fingerprint density at radius 3 is 2.65 bits per heavy atom. The number of hydrogen-bond donors (Lipinski definition) is 0. The summed E-state index contributed by atoms with van der Waals surface area (Å²) in [5.41, 5.74) is 0.827. The first-order chi connectivity index (χ1) is 9.75. The van der Waals surface area contributed by atoms with Crippen LogP contribution in [-0.4, -0.2) is 9.55 Å². The minimum Gasteiger partial charge on any atom is -0.372 e. The average Bonchev–Trinajstić information content (AvgIpc) is 2.48. The van der Waals surface area contributed by atoms with Gasteiger partial charge in [0.15, 0.2) is 5.65 Å². The zero-order chi connectivity index (χ0) is 13.9. The second kappa shape index (κ2) is 5.13. The monoisotopic (exact) mass is 268 g/mol. The van der Waals surface area contributed by atoms with Gasteiger partial charge in [-0.3, -0.25) is 4.57 Å². The molecule has 0 fully saturated rings. The molecule has 0 unspecified atom stereocenters. The molecule has 20 heavy (non-hydrogen) atoms. The Labute approximate surface area is 114 Å². The van der Waals surface area contributed by atoms with Crippen LogP contribution >= 0.6 is 0 Å². The number of aryl methyl sites for hydroxylation is 2. The molecule has 0 amide bonds. The summed E-state index contributed by atoms with van der Waals surface area (Å²) in [6, 6.07) is 13.0. The third kappa shape index (κ3) is 2.25. The van der Waals surface area contributed by atoms with Gasteiger partial charge < -0.3 is 4.42 Å². The fourth-order valence-electron chi connectivity index (χ4n) is 2.13. The molecule has 0 bridgehead atoms. The predicted molar refractivity (Wildman–Crippen MR) is 74.7 cm³/mol. The third-order valence-corrected chi connectivity index (χ3v) is 3.13. The maximum absolute atomic E-state index is 11.8. The van der Waals surface area contributed by atoms with Gasteiger partial charge in [0.25, 0.3) is 0 Å². The molecule has 0 N–H and O–H groups in total. The maximum Gasteiger partial charge on any atom is 0.423 e. The molecule has 0 atom stereocenters. The highest BCUT2D eigenvalue weighted by Gasteiger charge is 2.09. The van der Waals surface area contributed by atoms with Crippen LogP contribution < -0.4 is 11.4 Å². The van der Waals surface area contributed by atoms with Crippen molar-refractivity contribution in [2.45, 2.75) is 13.0 Å². The standard InChI is InChI=1S/C15H12N2O3/c18-14-12-7-4-9-16-13(12)17(15(19)20-14)10-8-11-5-2-1-3-6-11/h1-7,9H,8,10H2. The van der Waals surface area contributed by atoms with Crippen molar-refractivity contribution in [2.75, 3.05) is 0 Å². The molecule has 0 spiro atoms. The minimum absolute atomic E-state index is 0.320. The second-order valence-electron chi connectivity index (χ2n) is 4.42. The van der Waals surface area contributed by atoms with Gasteiger partial charge in [-0.2, -0.15) is 0 Å². The molecular weight excluding hydrogens is 256 g/mol. The molecule has 100 valence electrons. The van der Waals surface area contributed by atoms with Crippen molar-refractivity contribution in [2.24, 2.45) is 0 Å². The van der Waals surface area contributed by atoms with Gasteiger partial charge in [-0.1, -0.05) is 30.3 Å². The first-order valence-corrected chi connectivity index (χ1v) is 6.28. The molecule has 0 radical (unpaired) electrons.